The first-order valence-corrected chi connectivity index (χ1v) is 20.1. The van der Waals surface area contributed by atoms with Crippen molar-refractivity contribution >= 4 is 44.6 Å². The molecule has 59 heavy (non-hydrogen) atoms. The molecule has 0 fully saturated rings. The van der Waals surface area contributed by atoms with Crippen LogP contribution >= 0.6 is 0 Å². The fourth-order valence-corrected chi connectivity index (χ4v) is 8.36. The molecule has 0 radical (unpaired) electrons. The van der Waals surface area contributed by atoms with Crippen LogP contribution < -0.4 is 14.5 Å². The average molecular weight is 771 g/mol. The Labute approximate surface area is 344 Å². The SMILES string of the molecule is Cc1cc(-n2c3ccccc3c3ccc(Oc4cccc(N5CN(c6cc(-c7ccccc7)cc(C(C)(C)C)c6)c6ccccc65)c4)cc32)ncc1-c1ccc(F)cc1. The lowest BCUT2D eigenvalue weighted by molar-refractivity contribution is 0.483. The molecule has 0 unspecified atom stereocenters. The van der Waals surface area contributed by atoms with Gasteiger partial charge in [0, 0.05) is 46.0 Å². The van der Waals surface area contributed by atoms with Gasteiger partial charge in [-0.05, 0) is 113 Å². The standard InChI is InChI=1S/C53H43FN4O/c1-35-27-52(55-33-47(35)37-21-23-40(54)24-22-37)58-48-18-9-8-17-45(48)46-26-25-44(32-51(46)58)59-43-16-12-15-41(31-43)56-34-57(50-20-11-10-19-49(50)56)42-29-38(36-13-6-5-7-14-36)28-39(30-42)53(2,3)4/h5-33H,34H2,1-4H3. The Morgan fingerprint density at radius 2 is 1.25 bits per heavy atom. The van der Waals surface area contributed by atoms with Gasteiger partial charge in [-0.15, -0.1) is 0 Å². The van der Waals surface area contributed by atoms with E-state index >= 15 is 0 Å². The minimum absolute atomic E-state index is 0.0210. The number of halogens is 1. The summed E-state index contributed by atoms with van der Waals surface area (Å²) in [6.45, 7) is 9.56. The lowest BCUT2D eigenvalue weighted by atomic mass is 9.85. The minimum Gasteiger partial charge on any atom is -0.457 e. The van der Waals surface area contributed by atoms with Crippen molar-refractivity contribution in [3.05, 3.63) is 193 Å². The quantitative estimate of drug-likeness (QED) is 0.162. The average Bonchev–Trinajstić information content (AvgIpc) is 3.80. The van der Waals surface area contributed by atoms with E-state index in [1.807, 2.05) is 18.3 Å². The Balaban J connectivity index is 0.990. The highest BCUT2D eigenvalue weighted by Crippen LogP contribution is 2.46. The molecule has 1 aliphatic heterocycles. The predicted molar refractivity (Wildman–Crippen MR) is 241 cm³/mol. The normalized spacial score (nSPS) is 12.7. The number of nitrogens with zero attached hydrogens (tertiary/aromatic N) is 4. The lowest BCUT2D eigenvalue weighted by Crippen LogP contribution is -2.24. The Hall–Kier alpha value is -7.18. The van der Waals surface area contributed by atoms with Crippen LogP contribution in [0.2, 0.25) is 0 Å². The molecule has 10 rings (SSSR count). The number of para-hydroxylation sites is 3. The predicted octanol–water partition coefficient (Wildman–Crippen LogP) is 14.3. The summed E-state index contributed by atoms with van der Waals surface area (Å²) in [6.07, 6.45) is 1.88. The zero-order valence-corrected chi connectivity index (χ0v) is 33.5. The van der Waals surface area contributed by atoms with E-state index in [1.54, 1.807) is 12.1 Å². The van der Waals surface area contributed by atoms with Gasteiger partial charge in [0.05, 0.1) is 22.4 Å². The van der Waals surface area contributed by atoms with Crippen molar-refractivity contribution in [1.82, 2.24) is 9.55 Å². The molecule has 0 bridgehead atoms. The Bertz CT molecular complexity index is 3020. The summed E-state index contributed by atoms with van der Waals surface area (Å²) in [7, 11) is 0. The zero-order chi connectivity index (χ0) is 40.3. The summed E-state index contributed by atoms with van der Waals surface area (Å²) in [4.78, 5) is 9.73. The van der Waals surface area contributed by atoms with Gasteiger partial charge in [0.25, 0.3) is 0 Å². The van der Waals surface area contributed by atoms with Crippen LogP contribution in [0.25, 0.3) is 49.9 Å². The maximum atomic E-state index is 13.7. The van der Waals surface area contributed by atoms with Gasteiger partial charge < -0.3 is 14.5 Å². The third-order valence-electron chi connectivity index (χ3n) is 11.4. The molecule has 288 valence electrons. The topological polar surface area (TPSA) is 33.5 Å². The van der Waals surface area contributed by atoms with Crippen molar-refractivity contribution in [1.29, 1.82) is 0 Å². The number of rotatable bonds is 7. The summed E-state index contributed by atoms with van der Waals surface area (Å²) >= 11 is 0. The number of benzene rings is 7. The van der Waals surface area contributed by atoms with E-state index in [9.17, 15) is 4.39 Å². The highest BCUT2D eigenvalue weighted by molar-refractivity contribution is 6.09. The van der Waals surface area contributed by atoms with E-state index in [0.29, 0.717) is 6.67 Å². The third-order valence-corrected chi connectivity index (χ3v) is 11.4. The second-order valence-electron chi connectivity index (χ2n) is 16.4. The second-order valence-corrected chi connectivity index (χ2v) is 16.4. The monoisotopic (exact) mass is 770 g/mol. The van der Waals surface area contributed by atoms with Crippen LogP contribution in [0.1, 0.15) is 31.9 Å². The van der Waals surface area contributed by atoms with Gasteiger partial charge in [-0.1, -0.05) is 106 Å². The first-order chi connectivity index (χ1) is 28.7. The number of hydrogen-bond donors (Lipinski definition) is 0. The van der Waals surface area contributed by atoms with E-state index in [-0.39, 0.29) is 11.2 Å². The van der Waals surface area contributed by atoms with E-state index in [2.05, 4.69) is 176 Å². The lowest BCUT2D eigenvalue weighted by Gasteiger charge is -2.26. The number of pyridine rings is 1. The maximum absolute atomic E-state index is 13.7. The van der Waals surface area contributed by atoms with E-state index in [4.69, 9.17) is 9.72 Å². The molecule has 9 aromatic rings. The van der Waals surface area contributed by atoms with Crippen molar-refractivity contribution in [2.75, 3.05) is 16.5 Å². The first-order valence-electron chi connectivity index (χ1n) is 20.1. The van der Waals surface area contributed by atoms with Gasteiger partial charge in [-0.2, -0.15) is 0 Å². The summed E-state index contributed by atoms with van der Waals surface area (Å²) in [6, 6.07) is 58.0. The number of ether oxygens (including phenoxy) is 1. The number of aryl methyl sites for hydroxylation is 1. The van der Waals surface area contributed by atoms with Crippen molar-refractivity contribution in [2.45, 2.75) is 33.1 Å². The fourth-order valence-electron chi connectivity index (χ4n) is 8.36. The van der Waals surface area contributed by atoms with Gasteiger partial charge in [0.15, 0.2) is 0 Å². The van der Waals surface area contributed by atoms with Crippen molar-refractivity contribution in [3.63, 3.8) is 0 Å². The van der Waals surface area contributed by atoms with Crippen molar-refractivity contribution in [3.8, 4) is 39.6 Å². The molecule has 0 spiro atoms. The molecule has 5 nitrogen and oxygen atoms in total. The highest BCUT2D eigenvalue weighted by Gasteiger charge is 2.29. The molecule has 0 amide bonds. The Morgan fingerprint density at radius 3 is 2.02 bits per heavy atom. The molecule has 3 heterocycles. The molecule has 1 aliphatic rings. The fraction of sp³-hybridized carbons (Fsp3) is 0.113. The van der Waals surface area contributed by atoms with Gasteiger partial charge in [0.1, 0.15) is 29.8 Å². The highest BCUT2D eigenvalue weighted by atomic mass is 19.1. The van der Waals surface area contributed by atoms with E-state index in [0.717, 1.165) is 78.6 Å². The van der Waals surface area contributed by atoms with Gasteiger partial charge in [-0.25, -0.2) is 9.37 Å². The van der Waals surface area contributed by atoms with Crippen molar-refractivity contribution < 1.29 is 9.13 Å². The molecular weight excluding hydrogens is 728 g/mol. The van der Waals surface area contributed by atoms with Crippen molar-refractivity contribution in [2.24, 2.45) is 0 Å². The molecule has 0 N–H and O–H groups in total. The number of aromatic nitrogens is 2. The van der Waals surface area contributed by atoms with Crippen LogP contribution in [-0.4, -0.2) is 16.2 Å². The van der Waals surface area contributed by atoms with E-state index in [1.165, 1.54) is 28.8 Å². The molecule has 0 atom stereocenters. The third kappa shape index (κ3) is 6.66. The smallest absolute Gasteiger partial charge is 0.137 e. The van der Waals surface area contributed by atoms with Gasteiger partial charge in [-0.3, -0.25) is 4.57 Å². The molecule has 0 saturated heterocycles. The van der Waals surface area contributed by atoms with Crippen LogP contribution in [0.5, 0.6) is 11.5 Å². The summed E-state index contributed by atoms with van der Waals surface area (Å²) < 4.78 is 22.6. The van der Waals surface area contributed by atoms with Gasteiger partial charge >= 0.3 is 0 Å². The Morgan fingerprint density at radius 1 is 0.559 bits per heavy atom. The summed E-state index contributed by atoms with van der Waals surface area (Å²) in [5, 5.41) is 2.25. The summed E-state index contributed by atoms with van der Waals surface area (Å²) in [5.41, 5.74) is 13.2. The molecule has 7 aromatic carbocycles. The van der Waals surface area contributed by atoms with Gasteiger partial charge in [0.2, 0.25) is 0 Å². The van der Waals surface area contributed by atoms with Crippen LogP contribution in [0.3, 0.4) is 0 Å². The molecule has 2 aromatic heterocycles. The van der Waals surface area contributed by atoms with Crippen LogP contribution in [0.15, 0.2) is 176 Å². The summed E-state index contributed by atoms with van der Waals surface area (Å²) in [5.74, 6) is 2.03. The molecular formula is C53H43FN4O. The first kappa shape index (κ1) is 36.2. The Kier molecular flexibility index (Phi) is 8.79. The van der Waals surface area contributed by atoms with Crippen LogP contribution in [0.4, 0.5) is 27.1 Å². The zero-order valence-electron chi connectivity index (χ0n) is 33.5. The van der Waals surface area contributed by atoms with Crippen LogP contribution in [-0.2, 0) is 5.41 Å². The minimum atomic E-state index is -0.255. The largest absolute Gasteiger partial charge is 0.457 e. The maximum Gasteiger partial charge on any atom is 0.137 e. The number of fused-ring (bicyclic) bond motifs is 4. The van der Waals surface area contributed by atoms with E-state index < -0.39 is 0 Å². The molecule has 6 heteroatoms. The second kappa shape index (κ2) is 14.3. The molecule has 0 aliphatic carbocycles. The number of hydrogen-bond acceptors (Lipinski definition) is 4. The molecule has 0 saturated carbocycles. The number of anilines is 4. The van der Waals surface area contributed by atoms with Crippen LogP contribution in [0, 0.1) is 12.7 Å².